The van der Waals surface area contributed by atoms with Gasteiger partial charge in [-0.2, -0.15) is 0 Å². The van der Waals surface area contributed by atoms with Gasteiger partial charge in [0, 0.05) is 29.5 Å². The van der Waals surface area contributed by atoms with Crippen molar-refractivity contribution < 1.29 is 18.0 Å². The van der Waals surface area contributed by atoms with Gasteiger partial charge in [-0.25, -0.2) is 8.42 Å². The van der Waals surface area contributed by atoms with Crippen LogP contribution < -0.4 is 15.4 Å². The van der Waals surface area contributed by atoms with Gasteiger partial charge in [-0.1, -0.05) is 12.1 Å². The first-order valence-electron chi connectivity index (χ1n) is 9.53. The van der Waals surface area contributed by atoms with E-state index in [-0.39, 0.29) is 16.7 Å². The van der Waals surface area contributed by atoms with Crippen molar-refractivity contribution in [3.05, 3.63) is 89.0 Å². The molecule has 3 N–H and O–H groups in total. The second-order valence-electron chi connectivity index (χ2n) is 7.06. The molecular weight excluding hydrogens is 414 g/mol. The van der Waals surface area contributed by atoms with Crippen molar-refractivity contribution in [1.82, 2.24) is 5.32 Å². The third kappa shape index (κ3) is 5.29. The first kappa shape index (κ1) is 22.0. The van der Waals surface area contributed by atoms with Gasteiger partial charge in [0.05, 0.1) is 4.90 Å². The predicted octanol–water partition coefficient (Wildman–Crippen LogP) is 3.72. The minimum absolute atomic E-state index is 0.211. The summed E-state index contributed by atoms with van der Waals surface area (Å²) in [6, 6.07) is 17.9. The van der Waals surface area contributed by atoms with E-state index in [2.05, 4.69) is 15.4 Å². The number of sulfonamides is 1. The molecule has 3 aromatic carbocycles. The number of benzene rings is 3. The number of hydrogen-bond donors (Lipinski definition) is 3. The molecule has 0 aliphatic heterocycles. The summed E-state index contributed by atoms with van der Waals surface area (Å²) in [6.45, 7) is 3.57. The number of hydrogen-bond acceptors (Lipinski definition) is 4. The number of amides is 2. The highest BCUT2D eigenvalue weighted by Crippen LogP contribution is 2.21. The fourth-order valence-corrected chi connectivity index (χ4v) is 4.34. The van der Waals surface area contributed by atoms with Crippen LogP contribution in [-0.2, 0) is 10.0 Å². The lowest BCUT2D eigenvalue weighted by Gasteiger charge is -2.12. The monoisotopic (exact) mass is 437 g/mol. The highest BCUT2D eigenvalue weighted by atomic mass is 32.2. The van der Waals surface area contributed by atoms with Gasteiger partial charge in [-0.3, -0.25) is 14.3 Å². The minimum Gasteiger partial charge on any atom is -0.355 e. The van der Waals surface area contributed by atoms with E-state index >= 15 is 0 Å². The van der Waals surface area contributed by atoms with Gasteiger partial charge in [0.25, 0.3) is 21.8 Å². The summed E-state index contributed by atoms with van der Waals surface area (Å²) >= 11 is 0. The first-order chi connectivity index (χ1) is 14.7. The molecule has 8 heteroatoms. The maximum absolute atomic E-state index is 12.7. The van der Waals surface area contributed by atoms with E-state index in [0.717, 1.165) is 5.56 Å². The van der Waals surface area contributed by atoms with E-state index in [1.165, 1.54) is 24.3 Å². The third-order valence-electron chi connectivity index (χ3n) is 4.66. The number of nitrogens with one attached hydrogen (secondary N) is 3. The molecule has 0 aliphatic carbocycles. The first-order valence-corrected chi connectivity index (χ1v) is 11.0. The molecule has 160 valence electrons. The molecule has 0 heterocycles. The van der Waals surface area contributed by atoms with Crippen molar-refractivity contribution in [3.8, 4) is 0 Å². The summed E-state index contributed by atoms with van der Waals surface area (Å²) < 4.78 is 28.0. The van der Waals surface area contributed by atoms with Gasteiger partial charge in [0.1, 0.15) is 0 Å². The van der Waals surface area contributed by atoms with Crippen molar-refractivity contribution in [3.63, 3.8) is 0 Å². The van der Waals surface area contributed by atoms with Crippen molar-refractivity contribution in [2.45, 2.75) is 18.7 Å². The van der Waals surface area contributed by atoms with E-state index in [9.17, 15) is 18.0 Å². The lowest BCUT2D eigenvalue weighted by molar-refractivity contribution is 0.0962. The molecule has 0 unspecified atom stereocenters. The van der Waals surface area contributed by atoms with Crippen molar-refractivity contribution in [1.29, 1.82) is 0 Å². The van der Waals surface area contributed by atoms with Crippen LogP contribution >= 0.6 is 0 Å². The number of carbonyl (C=O) groups excluding carboxylic acids is 2. The Morgan fingerprint density at radius 1 is 0.742 bits per heavy atom. The molecule has 0 spiro atoms. The Balaban J connectivity index is 1.70. The van der Waals surface area contributed by atoms with Gasteiger partial charge < -0.3 is 10.6 Å². The molecule has 0 saturated heterocycles. The Kier molecular flexibility index (Phi) is 6.41. The second kappa shape index (κ2) is 9.01. The van der Waals surface area contributed by atoms with Crippen LogP contribution in [0.4, 0.5) is 11.4 Å². The maximum Gasteiger partial charge on any atom is 0.262 e. The fraction of sp³-hybridized carbons (Fsp3) is 0.130. The van der Waals surface area contributed by atoms with Crippen molar-refractivity contribution in [2.75, 3.05) is 17.1 Å². The highest BCUT2D eigenvalue weighted by molar-refractivity contribution is 7.92. The lowest BCUT2D eigenvalue weighted by atomic mass is 10.1. The molecule has 0 fully saturated rings. The summed E-state index contributed by atoms with van der Waals surface area (Å²) in [5.74, 6) is -0.562. The molecule has 2 amide bonds. The Morgan fingerprint density at radius 3 is 1.87 bits per heavy atom. The lowest BCUT2D eigenvalue weighted by Crippen LogP contribution is -2.18. The summed E-state index contributed by atoms with van der Waals surface area (Å²) in [4.78, 5) is 24.3. The van der Waals surface area contributed by atoms with E-state index in [1.54, 1.807) is 50.4 Å². The normalized spacial score (nSPS) is 10.9. The van der Waals surface area contributed by atoms with Gasteiger partial charge >= 0.3 is 0 Å². The average Bonchev–Trinajstić information content (AvgIpc) is 2.75. The molecule has 0 bridgehead atoms. The fourth-order valence-electron chi connectivity index (χ4n) is 2.95. The Hall–Kier alpha value is -3.65. The molecule has 7 nitrogen and oxygen atoms in total. The van der Waals surface area contributed by atoms with Crippen LogP contribution in [0.3, 0.4) is 0 Å². The largest absolute Gasteiger partial charge is 0.355 e. The standard InChI is InChI=1S/C23H23N3O4S/c1-15-4-5-16(2)21(14-15)31(29,30)26-20-12-8-18(9-13-20)23(28)25-19-10-6-17(7-11-19)22(27)24-3/h4-14,26H,1-3H3,(H,24,27)(H,25,28). The molecule has 31 heavy (non-hydrogen) atoms. The van der Waals surface area contributed by atoms with E-state index < -0.39 is 10.0 Å². The zero-order chi connectivity index (χ0) is 22.6. The molecule has 0 radical (unpaired) electrons. The molecule has 0 saturated carbocycles. The number of aryl methyl sites for hydroxylation is 2. The second-order valence-corrected chi connectivity index (χ2v) is 8.71. The topological polar surface area (TPSA) is 104 Å². The van der Waals surface area contributed by atoms with Crippen molar-refractivity contribution >= 4 is 33.2 Å². The van der Waals surface area contributed by atoms with Gasteiger partial charge in [-0.05, 0) is 79.6 Å². The molecule has 0 aliphatic rings. The molecule has 3 aromatic rings. The van der Waals surface area contributed by atoms with Crippen LogP contribution in [-0.4, -0.2) is 27.3 Å². The summed E-state index contributed by atoms with van der Waals surface area (Å²) in [6.07, 6.45) is 0. The molecule has 0 aromatic heterocycles. The Bertz CT molecular complexity index is 1220. The molecule has 0 atom stereocenters. The van der Waals surface area contributed by atoms with E-state index in [4.69, 9.17) is 0 Å². The number of rotatable bonds is 6. The molecule has 3 rings (SSSR count). The van der Waals surface area contributed by atoms with Crippen molar-refractivity contribution in [2.24, 2.45) is 0 Å². The van der Waals surface area contributed by atoms with Crippen LogP contribution in [0.25, 0.3) is 0 Å². The highest BCUT2D eigenvalue weighted by Gasteiger charge is 2.17. The maximum atomic E-state index is 12.7. The third-order valence-corrected chi connectivity index (χ3v) is 6.19. The SMILES string of the molecule is CNC(=O)c1ccc(NC(=O)c2ccc(NS(=O)(=O)c3cc(C)ccc3C)cc2)cc1. The van der Waals surface area contributed by atoms with E-state index in [0.29, 0.717) is 28.1 Å². The van der Waals surface area contributed by atoms with E-state index in [1.807, 2.05) is 13.0 Å². The average molecular weight is 438 g/mol. The smallest absolute Gasteiger partial charge is 0.262 e. The predicted molar refractivity (Wildman–Crippen MR) is 121 cm³/mol. The van der Waals surface area contributed by atoms with Crippen LogP contribution in [0, 0.1) is 13.8 Å². The Labute approximate surface area is 181 Å². The van der Waals surface area contributed by atoms with Gasteiger partial charge in [-0.15, -0.1) is 0 Å². The summed E-state index contributed by atoms with van der Waals surface area (Å²) in [7, 11) is -2.20. The Morgan fingerprint density at radius 2 is 1.29 bits per heavy atom. The van der Waals surface area contributed by atoms with Gasteiger partial charge in [0.2, 0.25) is 0 Å². The summed E-state index contributed by atoms with van der Waals surface area (Å²) in [5.41, 5.74) is 3.24. The van der Waals surface area contributed by atoms with Crippen LogP contribution in [0.15, 0.2) is 71.6 Å². The minimum atomic E-state index is -3.74. The quantitative estimate of drug-likeness (QED) is 0.547. The van der Waals surface area contributed by atoms with Crippen LogP contribution in [0.1, 0.15) is 31.8 Å². The van der Waals surface area contributed by atoms with Crippen LogP contribution in [0.2, 0.25) is 0 Å². The zero-order valence-electron chi connectivity index (χ0n) is 17.4. The van der Waals surface area contributed by atoms with Gasteiger partial charge in [0.15, 0.2) is 0 Å². The summed E-state index contributed by atoms with van der Waals surface area (Å²) in [5, 5.41) is 5.27. The van der Waals surface area contributed by atoms with Crippen LogP contribution in [0.5, 0.6) is 0 Å². The zero-order valence-corrected chi connectivity index (χ0v) is 18.2. The number of carbonyl (C=O) groups is 2. The molecular formula is C23H23N3O4S. The number of anilines is 2.